The normalized spacial score (nSPS) is 10.8. The largest absolute Gasteiger partial charge is 0.325 e. The molecule has 174 valence electrons. The van der Waals surface area contributed by atoms with Gasteiger partial charge in [0.1, 0.15) is 0 Å². The molecule has 2 aromatic carbocycles. The molecule has 0 aliphatic carbocycles. The molecular weight excluding hydrogens is 537 g/mol. The minimum absolute atomic E-state index is 0.122. The maximum absolute atomic E-state index is 12.1. The van der Waals surface area contributed by atoms with Crippen molar-refractivity contribution in [3.63, 3.8) is 0 Å². The number of carbonyl (C=O) groups excluding carboxylic acids is 2. The fraction of sp³-hybridized carbons (Fsp3) is 0.364. The number of benzene rings is 2. The van der Waals surface area contributed by atoms with Gasteiger partial charge in [0.25, 0.3) is 0 Å². The molecule has 2 rings (SSSR count). The van der Waals surface area contributed by atoms with E-state index in [9.17, 15) is 9.59 Å². The summed E-state index contributed by atoms with van der Waals surface area (Å²) in [6, 6.07) is 6.08. The lowest BCUT2D eigenvalue weighted by Crippen LogP contribution is -2.11. The second kappa shape index (κ2) is 13.7. The minimum atomic E-state index is -0.122. The molecule has 0 aliphatic heterocycles. The molecule has 10 heteroatoms. The SMILES string of the molecule is O=C(CCCCCCCCC(=O)Nc1cc(Cl)c(Cl)cc1Cl)Nc1cc(Cl)c(Cl)cc1Cl. The number of hydrogen-bond acceptors (Lipinski definition) is 2. The summed E-state index contributed by atoms with van der Waals surface area (Å²) in [4.78, 5) is 24.1. The van der Waals surface area contributed by atoms with Gasteiger partial charge in [-0.15, -0.1) is 0 Å². The zero-order valence-electron chi connectivity index (χ0n) is 17.1. The second-order valence-corrected chi connectivity index (χ2v) is 9.65. The Bertz CT molecular complexity index is 890. The second-order valence-electron chi connectivity index (χ2n) is 7.21. The monoisotopic (exact) mass is 556 g/mol. The average Bonchev–Trinajstić information content (AvgIpc) is 2.72. The first-order valence-corrected chi connectivity index (χ1v) is 12.3. The topological polar surface area (TPSA) is 58.2 Å². The molecule has 0 heterocycles. The number of hydrogen-bond donors (Lipinski definition) is 2. The van der Waals surface area contributed by atoms with E-state index in [0.29, 0.717) is 54.4 Å². The van der Waals surface area contributed by atoms with Gasteiger partial charge in [-0.05, 0) is 37.1 Å². The summed E-state index contributed by atoms with van der Waals surface area (Å²) in [6.45, 7) is 0. The fourth-order valence-corrected chi connectivity index (χ4v) is 4.13. The summed E-state index contributed by atoms with van der Waals surface area (Å²) in [7, 11) is 0. The lowest BCUT2D eigenvalue weighted by atomic mass is 10.1. The van der Waals surface area contributed by atoms with Gasteiger partial charge in [-0.25, -0.2) is 0 Å². The van der Waals surface area contributed by atoms with E-state index in [1.54, 1.807) is 0 Å². The van der Waals surface area contributed by atoms with E-state index in [1.807, 2.05) is 0 Å². The van der Waals surface area contributed by atoms with Crippen molar-refractivity contribution in [2.24, 2.45) is 0 Å². The first kappa shape index (κ1) is 27.4. The van der Waals surface area contributed by atoms with Gasteiger partial charge in [0.2, 0.25) is 11.8 Å². The van der Waals surface area contributed by atoms with E-state index in [-0.39, 0.29) is 11.8 Å². The molecule has 0 saturated heterocycles. The van der Waals surface area contributed by atoms with Crippen molar-refractivity contribution in [3.05, 3.63) is 54.4 Å². The molecule has 2 aromatic rings. The van der Waals surface area contributed by atoms with Crippen molar-refractivity contribution in [1.82, 2.24) is 0 Å². The number of anilines is 2. The van der Waals surface area contributed by atoms with E-state index < -0.39 is 0 Å². The van der Waals surface area contributed by atoms with Gasteiger partial charge in [0.15, 0.2) is 0 Å². The molecule has 0 aromatic heterocycles. The summed E-state index contributed by atoms with van der Waals surface area (Å²) in [6.07, 6.45) is 6.14. The van der Waals surface area contributed by atoms with E-state index in [1.165, 1.54) is 24.3 Å². The van der Waals surface area contributed by atoms with Crippen molar-refractivity contribution < 1.29 is 9.59 Å². The number of unbranched alkanes of at least 4 members (excludes halogenated alkanes) is 5. The number of nitrogens with one attached hydrogen (secondary N) is 2. The molecule has 32 heavy (non-hydrogen) atoms. The standard InChI is InChI=1S/C22H22Cl6N2O2/c23-13-9-17(27)19(11-15(13)25)29-21(31)7-5-3-1-2-4-6-8-22(32)30-20-12-16(26)14(24)10-18(20)28/h9-12H,1-8H2,(H,29,31)(H,30,32). The predicted octanol–water partition coefficient (Wildman–Crippen LogP) is 9.30. The van der Waals surface area contributed by atoms with E-state index >= 15 is 0 Å². The molecule has 4 nitrogen and oxygen atoms in total. The highest BCUT2D eigenvalue weighted by molar-refractivity contribution is 6.44. The molecule has 0 radical (unpaired) electrons. The zero-order chi connectivity index (χ0) is 23.7. The molecule has 0 bridgehead atoms. The molecule has 0 saturated carbocycles. The maximum Gasteiger partial charge on any atom is 0.224 e. The summed E-state index contributed by atoms with van der Waals surface area (Å²) < 4.78 is 0. The van der Waals surface area contributed by atoms with Crippen LogP contribution in [0.1, 0.15) is 51.4 Å². The van der Waals surface area contributed by atoms with Crippen molar-refractivity contribution in [1.29, 1.82) is 0 Å². The zero-order valence-corrected chi connectivity index (χ0v) is 21.6. The van der Waals surface area contributed by atoms with Crippen LogP contribution in [0.2, 0.25) is 30.1 Å². The summed E-state index contributed by atoms with van der Waals surface area (Å²) >= 11 is 35.8. The molecule has 0 unspecified atom stereocenters. The Morgan fingerprint density at radius 3 is 1.19 bits per heavy atom. The van der Waals surface area contributed by atoms with Crippen LogP contribution in [0, 0.1) is 0 Å². The minimum Gasteiger partial charge on any atom is -0.325 e. The van der Waals surface area contributed by atoms with Crippen LogP contribution < -0.4 is 10.6 Å². The highest BCUT2D eigenvalue weighted by Crippen LogP contribution is 2.33. The van der Waals surface area contributed by atoms with Gasteiger partial charge >= 0.3 is 0 Å². The van der Waals surface area contributed by atoms with Crippen LogP contribution in [0.5, 0.6) is 0 Å². The third kappa shape index (κ3) is 9.17. The third-order valence-corrected chi connectivity index (χ3v) is 6.70. The van der Waals surface area contributed by atoms with Crippen molar-refractivity contribution in [3.8, 4) is 0 Å². The molecular formula is C22H22Cl6N2O2. The van der Waals surface area contributed by atoms with Gasteiger partial charge in [-0.2, -0.15) is 0 Å². The number of carbonyl (C=O) groups is 2. The van der Waals surface area contributed by atoms with Gasteiger partial charge in [-0.3, -0.25) is 9.59 Å². The summed E-state index contributed by atoms with van der Waals surface area (Å²) in [5, 5.41) is 7.53. The van der Waals surface area contributed by atoms with Gasteiger partial charge in [-0.1, -0.05) is 95.3 Å². The van der Waals surface area contributed by atoms with E-state index in [4.69, 9.17) is 69.6 Å². The van der Waals surface area contributed by atoms with Crippen molar-refractivity contribution >= 4 is 92.8 Å². The average molecular weight is 559 g/mol. The molecule has 2 amide bonds. The first-order valence-electron chi connectivity index (χ1n) is 10.1. The molecule has 0 aliphatic rings. The summed E-state index contributed by atoms with van der Waals surface area (Å²) in [5.74, 6) is -0.245. The van der Waals surface area contributed by atoms with Crippen molar-refractivity contribution in [2.75, 3.05) is 10.6 Å². The van der Waals surface area contributed by atoms with Crippen LogP contribution in [0.3, 0.4) is 0 Å². The molecule has 0 fully saturated rings. The van der Waals surface area contributed by atoms with Crippen LogP contribution in [-0.2, 0) is 9.59 Å². The Labute approximate surface area is 217 Å². The Morgan fingerprint density at radius 1 is 0.500 bits per heavy atom. The van der Waals surface area contributed by atoms with Crippen LogP contribution in [-0.4, -0.2) is 11.8 Å². The smallest absolute Gasteiger partial charge is 0.224 e. The molecule has 0 atom stereocenters. The van der Waals surface area contributed by atoms with E-state index in [0.717, 1.165) is 38.5 Å². The highest BCUT2D eigenvalue weighted by atomic mass is 35.5. The quantitative estimate of drug-likeness (QED) is 0.213. The Morgan fingerprint density at radius 2 is 0.812 bits per heavy atom. The Kier molecular flexibility index (Phi) is 11.7. The number of rotatable bonds is 11. The van der Waals surface area contributed by atoms with Crippen LogP contribution >= 0.6 is 69.6 Å². The third-order valence-electron chi connectivity index (χ3n) is 4.63. The van der Waals surface area contributed by atoms with Gasteiger partial charge in [0.05, 0.1) is 41.5 Å². The van der Waals surface area contributed by atoms with Crippen LogP contribution in [0.25, 0.3) is 0 Å². The molecule has 2 N–H and O–H groups in total. The van der Waals surface area contributed by atoms with Crippen LogP contribution in [0.15, 0.2) is 24.3 Å². The predicted molar refractivity (Wildman–Crippen MR) is 137 cm³/mol. The van der Waals surface area contributed by atoms with Gasteiger partial charge in [0, 0.05) is 12.8 Å². The van der Waals surface area contributed by atoms with Crippen LogP contribution in [0.4, 0.5) is 11.4 Å². The molecule has 0 spiro atoms. The highest BCUT2D eigenvalue weighted by Gasteiger charge is 2.10. The summed E-state index contributed by atoms with van der Waals surface area (Å²) in [5.41, 5.74) is 0.901. The lowest BCUT2D eigenvalue weighted by Gasteiger charge is -2.09. The fourth-order valence-electron chi connectivity index (χ4n) is 2.94. The van der Waals surface area contributed by atoms with Gasteiger partial charge < -0.3 is 10.6 Å². The van der Waals surface area contributed by atoms with Crippen molar-refractivity contribution in [2.45, 2.75) is 51.4 Å². The maximum atomic E-state index is 12.1. The Hall–Kier alpha value is -0.880. The lowest BCUT2D eigenvalue weighted by molar-refractivity contribution is -0.117. The number of amides is 2. The van der Waals surface area contributed by atoms with E-state index in [2.05, 4.69) is 10.6 Å². The Balaban J connectivity index is 1.56. The first-order chi connectivity index (χ1) is 15.2. The number of halogens is 6.